The zero-order chi connectivity index (χ0) is 8.15. The van der Waals surface area contributed by atoms with Gasteiger partial charge in [-0.3, -0.25) is 0 Å². The summed E-state index contributed by atoms with van der Waals surface area (Å²) in [5.74, 6) is 1.04. The monoisotopic (exact) mass is 256 g/mol. The van der Waals surface area contributed by atoms with Crippen LogP contribution < -0.4 is 0 Å². The van der Waals surface area contributed by atoms with Crippen molar-refractivity contribution in [3.05, 3.63) is 0 Å². The summed E-state index contributed by atoms with van der Waals surface area (Å²) in [5.41, 5.74) is 0. The van der Waals surface area contributed by atoms with Gasteiger partial charge in [-0.05, 0) is 11.8 Å². The Morgan fingerprint density at radius 1 is 1.50 bits per heavy atom. The van der Waals surface area contributed by atoms with E-state index in [1.807, 2.05) is 0 Å². The summed E-state index contributed by atoms with van der Waals surface area (Å²) in [6.07, 6.45) is 0. The van der Waals surface area contributed by atoms with Gasteiger partial charge in [-0.1, -0.05) is 20.8 Å². The van der Waals surface area contributed by atoms with Crippen LogP contribution >= 0.6 is 22.6 Å². The molecule has 10 heavy (non-hydrogen) atoms. The highest BCUT2D eigenvalue weighted by molar-refractivity contribution is 14.1. The third-order valence-electron chi connectivity index (χ3n) is 1.60. The molecule has 2 nitrogen and oxygen atoms in total. The average Bonchev–Trinajstić information content (AvgIpc) is 1.82. The van der Waals surface area contributed by atoms with Gasteiger partial charge in [0.1, 0.15) is 0 Å². The number of halogens is 1. The van der Waals surface area contributed by atoms with Gasteiger partial charge in [-0.2, -0.15) is 0 Å². The maximum atomic E-state index is 10.3. The lowest BCUT2D eigenvalue weighted by molar-refractivity contribution is 0.147. The summed E-state index contributed by atoms with van der Waals surface area (Å²) < 4.78 is 4.60. The van der Waals surface area contributed by atoms with Gasteiger partial charge >= 0.3 is 3.98 Å². The van der Waals surface area contributed by atoms with Gasteiger partial charge in [-0.15, -0.1) is 0 Å². The van der Waals surface area contributed by atoms with E-state index in [1.54, 1.807) is 22.6 Å². The van der Waals surface area contributed by atoms with Crippen molar-refractivity contribution in [3.63, 3.8) is 0 Å². The van der Waals surface area contributed by atoms with E-state index < -0.39 is 0 Å². The summed E-state index contributed by atoms with van der Waals surface area (Å²) in [6, 6.07) is 0. The summed E-state index contributed by atoms with van der Waals surface area (Å²) in [4.78, 5) is 10.3. The maximum absolute atomic E-state index is 10.3. The predicted molar refractivity (Wildman–Crippen MR) is 49.4 cm³/mol. The molecule has 0 aromatic heterocycles. The van der Waals surface area contributed by atoms with Crippen LogP contribution in [0.1, 0.15) is 20.8 Å². The fraction of sp³-hybridized carbons (Fsp3) is 0.857. The highest BCUT2D eigenvalue weighted by Crippen LogP contribution is 2.10. The maximum Gasteiger partial charge on any atom is 0.367 e. The van der Waals surface area contributed by atoms with Gasteiger partial charge in [0, 0.05) is 0 Å². The van der Waals surface area contributed by atoms with Crippen LogP contribution in [0.2, 0.25) is 0 Å². The average molecular weight is 256 g/mol. The zero-order valence-electron chi connectivity index (χ0n) is 6.56. The largest absolute Gasteiger partial charge is 0.458 e. The first-order valence-corrected chi connectivity index (χ1v) is 4.44. The number of hydrogen-bond donors (Lipinski definition) is 0. The Bertz CT molecular complexity index is 112. The molecule has 0 heterocycles. The van der Waals surface area contributed by atoms with Gasteiger partial charge in [0.05, 0.1) is 29.2 Å². The van der Waals surface area contributed by atoms with Gasteiger partial charge < -0.3 is 4.74 Å². The van der Waals surface area contributed by atoms with Crippen molar-refractivity contribution in [2.24, 2.45) is 11.8 Å². The lowest BCUT2D eigenvalue weighted by Crippen LogP contribution is -2.12. The van der Waals surface area contributed by atoms with Crippen LogP contribution in [0.3, 0.4) is 0 Å². The van der Waals surface area contributed by atoms with Crippen molar-refractivity contribution in [2.75, 3.05) is 6.61 Å². The molecule has 0 aliphatic rings. The molecule has 0 aromatic rings. The van der Waals surface area contributed by atoms with E-state index in [-0.39, 0.29) is 3.98 Å². The predicted octanol–water partition coefficient (Wildman–Crippen LogP) is 2.85. The van der Waals surface area contributed by atoms with E-state index in [0.29, 0.717) is 18.4 Å². The standard InChI is InChI=1S/C7H13IO2/c1-5(2)6(3)4-10-7(8)9/h5-6H,4H2,1-3H3. The van der Waals surface area contributed by atoms with Crippen LogP contribution in [0.5, 0.6) is 0 Å². The van der Waals surface area contributed by atoms with E-state index in [4.69, 9.17) is 4.74 Å². The molecule has 1 atom stereocenters. The molecule has 60 valence electrons. The minimum atomic E-state index is -0.217. The molecule has 0 aromatic carbocycles. The molecule has 0 aliphatic carbocycles. The van der Waals surface area contributed by atoms with Crippen molar-refractivity contribution in [1.82, 2.24) is 0 Å². The fourth-order valence-corrected chi connectivity index (χ4v) is 0.569. The lowest BCUT2D eigenvalue weighted by Gasteiger charge is -2.13. The normalized spacial score (nSPS) is 13.3. The number of ether oxygens (including phenoxy) is 1. The first-order valence-electron chi connectivity index (χ1n) is 3.36. The molecule has 0 radical (unpaired) electrons. The van der Waals surface area contributed by atoms with E-state index >= 15 is 0 Å². The molecule has 0 N–H and O–H groups in total. The lowest BCUT2D eigenvalue weighted by atomic mass is 10.00. The molecule has 1 unspecified atom stereocenters. The fourth-order valence-electron chi connectivity index (χ4n) is 0.389. The van der Waals surface area contributed by atoms with Crippen LogP contribution in [0, 0.1) is 11.8 Å². The molecule has 0 bridgehead atoms. The van der Waals surface area contributed by atoms with Crippen LogP contribution in [-0.2, 0) is 4.74 Å². The van der Waals surface area contributed by atoms with Gasteiger partial charge in [0.2, 0.25) is 0 Å². The third kappa shape index (κ3) is 5.02. The highest BCUT2D eigenvalue weighted by atomic mass is 127. The molecular weight excluding hydrogens is 243 g/mol. The van der Waals surface area contributed by atoms with Crippen molar-refractivity contribution < 1.29 is 9.53 Å². The van der Waals surface area contributed by atoms with Gasteiger partial charge in [0.25, 0.3) is 0 Å². The molecule has 0 amide bonds. The van der Waals surface area contributed by atoms with Crippen LogP contribution in [-0.4, -0.2) is 10.6 Å². The third-order valence-corrected chi connectivity index (χ3v) is 1.91. The van der Waals surface area contributed by atoms with Crippen molar-refractivity contribution in [3.8, 4) is 0 Å². The van der Waals surface area contributed by atoms with Crippen molar-refractivity contribution in [2.45, 2.75) is 20.8 Å². The first kappa shape index (κ1) is 10.2. The summed E-state index contributed by atoms with van der Waals surface area (Å²) in [6.45, 7) is 6.85. The molecule has 0 spiro atoms. The Kier molecular flexibility index (Phi) is 5.03. The number of carbonyl (C=O) groups is 1. The minimum Gasteiger partial charge on any atom is -0.458 e. The summed E-state index contributed by atoms with van der Waals surface area (Å²) in [5, 5.41) is 0. The van der Waals surface area contributed by atoms with Gasteiger partial charge in [0.15, 0.2) is 0 Å². The first-order chi connectivity index (χ1) is 4.54. The molecule has 0 rings (SSSR count). The Balaban J connectivity index is 3.39. The van der Waals surface area contributed by atoms with Crippen LogP contribution in [0.4, 0.5) is 4.79 Å². The second-order valence-corrected chi connectivity index (χ2v) is 3.65. The SMILES string of the molecule is CC(C)C(C)COC(=O)I. The Morgan fingerprint density at radius 3 is 2.30 bits per heavy atom. The number of rotatable bonds is 3. The highest BCUT2D eigenvalue weighted by Gasteiger charge is 2.08. The van der Waals surface area contributed by atoms with E-state index in [0.717, 1.165) is 0 Å². The molecule has 0 fully saturated rings. The van der Waals surface area contributed by atoms with E-state index in [2.05, 4.69) is 20.8 Å². The Labute approximate surface area is 75.5 Å². The zero-order valence-corrected chi connectivity index (χ0v) is 8.71. The smallest absolute Gasteiger partial charge is 0.367 e. The number of hydrogen-bond acceptors (Lipinski definition) is 2. The second kappa shape index (κ2) is 4.93. The van der Waals surface area contributed by atoms with Crippen molar-refractivity contribution in [1.29, 1.82) is 0 Å². The minimum absolute atomic E-state index is 0.217. The topological polar surface area (TPSA) is 26.3 Å². The van der Waals surface area contributed by atoms with E-state index in [9.17, 15) is 4.79 Å². The number of carbonyl (C=O) groups excluding carboxylic acids is 1. The second-order valence-electron chi connectivity index (χ2n) is 2.77. The molecular formula is C7H13IO2. The van der Waals surface area contributed by atoms with Crippen LogP contribution in [0.15, 0.2) is 0 Å². The Hall–Kier alpha value is 0.200. The molecule has 0 saturated carbocycles. The van der Waals surface area contributed by atoms with E-state index in [1.165, 1.54) is 0 Å². The summed E-state index contributed by atoms with van der Waals surface area (Å²) >= 11 is 1.64. The molecule has 0 aliphatic heterocycles. The summed E-state index contributed by atoms with van der Waals surface area (Å²) in [7, 11) is 0. The van der Waals surface area contributed by atoms with Gasteiger partial charge in [-0.25, -0.2) is 4.79 Å². The van der Waals surface area contributed by atoms with Crippen molar-refractivity contribution >= 4 is 26.6 Å². The molecule has 3 heteroatoms. The quantitative estimate of drug-likeness (QED) is 0.573. The molecule has 0 saturated heterocycles. The van der Waals surface area contributed by atoms with Crippen LogP contribution in [0.25, 0.3) is 0 Å². The Morgan fingerprint density at radius 2 is 2.00 bits per heavy atom.